The average Bonchev–Trinajstić information content (AvgIpc) is 2.86. The number of pyridine rings is 1. The van der Waals surface area contributed by atoms with Gasteiger partial charge in [0, 0.05) is 16.8 Å². The molecule has 0 unspecified atom stereocenters. The molecule has 0 aliphatic heterocycles. The van der Waals surface area contributed by atoms with Crippen molar-refractivity contribution in [2.45, 2.75) is 13.0 Å². The van der Waals surface area contributed by atoms with Gasteiger partial charge in [-0.05, 0) is 30.3 Å². The van der Waals surface area contributed by atoms with E-state index in [4.69, 9.17) is 16.9 Å². The second-order valence-electron chi connectivity index (χ2n) is 5.12. The Bertz CT molecular complexity index is 942. The van der Waals surface area contributed by atoms with E-state index < -0.39 is 5.91 Å². The van der Waals surface area contributed by atoms with Gasteiger partial charge in [-0.15, -0.1) is 0 Å². The molecule has 2 heterocycles. The highest BCUT2D eigenvalue weighted by atomic mass is 35.5. The number of hydrogen-bond acceptors (Lipinski definition) is 3. The molecule has 0 atom stereocenters. The second kappa shape index (κ2) is 6.60. The third kappa shape index (κ3) is 2.90. The first kappa shape index (κ1) is 15.8. The molecular weight excluding hydrogens is 328 g/mol. The van der Waals surface area contributed by atoms with Gasteiger partial charge in [-0.25, -0.2) is 0 Å². The van der Waals surface area contributed by atoms with Crippen LogP contribution >= 0.6 is 11.6 Å². The van der Waals surface area contributed by atoms with Crippen LogP contribution < -0.4 is 9.88 Å². The molecule has 0 bridgehead atoms. The van der Waals surface area contributed by atoms with Crippen LogP contribution in [0.2, 0.25) is 5.02 Å². The largest absolute Gasteiger partial charge is 0.475 e. The number of aromatic hydroxyl groups is 1. The van der Waals surface area contributed by atoms with Crippen LogP contribution in [0, 0.1) is 11.3 Å². The summed E-state index contributed by atoms with van der Waals surface area (Å²) in [7, 11) is 0. The maximum atomic E-state index is 12.6. The highest BCUT2D eigenvalue weighted by molar-refractivity contribution is 6.30. The van der Waals surface area contributed by atoms with E-state index in [-0.39, 0.29) is 18.0 Å². The van der Waals surface area contributed by atoms with Gasteiger partial charge in [0.25, 0.3) is 11.3 Å². The van der Waals surface area contributed by atoms with Crippen molar-refractivity contribution in [1.82, 2.24) is 4.40 Å². The fraction of sp³-hybridized carbons (Fsp3) is 0.118. The molecular formula is C17H14ClN4O2+. The van der Waals surface area contributed by atoms with Crippen molar-refractivity contribution in [2.24, 2.45) is 0 Å². The van der Waals surface area contributed by atoms with Gasteiger partial charge in [0.15, 0.2) is 0 Å². The summed E-state index contributed by atoms with van der Waals surface area (Å²) in [6.45, 7) is 0.296. The number of carbonyl (C=O) groups is 1. The third-order valence-electron chi connectivity index (χ3n) is 3.59. The number of amides is 1. The number of nitrogens with one attached hydrogen (secondary N) is 1. The summed E-state index contributed by atoms with van der Waals surface area (Å²) in [4.78, 5) is 12.6. The standard InChI is InChI=1S/C17H13ClN4O2/c18-12-5-7-13(8-6-12)20-16(23)15-17(24)22(11-3-9-19)14-4-1-2-10-21(14)15/h1-2,4-8,10H,3,11H2,(H-,20,23,24)/p+1. The molecule has 0 fully saturated rings. The Balaban J connectivity index is 2.02. The van der Waals surface area contributed by atoms with Gasteiger partial charge in [0.05, 0.1) is 18.7 Å². The number of nitrogens with zero attached hydrogens (tertiary/aromatic N) is 3. The van der Waals surface area contributed by atoms with Crippen LogP contribution in [0.15, 0.2) is 48.7 Å². The molecule has 3 aromatic rings. The summed E-state index contributed by atoms with van der Waals surface area (Å²) in [5.41, 5.74) is 1.31. The van der Waals surface area contributed by atoms with E-state index >= 15 is 0 Å². The van der Waals surface area contributed by atoms with Crippen LogP contribution in [-0.4, -0.2) is 15.4 Å². The zero-order chi connectivity index (χ0) is 17.1. The van der Waals surface area contributed by atoms with Crippen molar-refractivity contribution in [1.29, 1.82) is 5.26 Å². The average molecular weight is 342 g/mol. The number of nitriles is 1. The number of carbonyl (C=O) groups excluding carboxylic acids is 1. The number of rotatable bonds is 4. The Kier molecular flexibility index (Phi) is 4.36. The quantitative estimate of drug-likeness (QED) is 0.716. The SMILES string of the molecule is N#CCC[n+]1c(O)c(C(=O)Nc2ccc(Cl)cc2)n2ccccc21. The minimum Gasteiger partial charge on any atom is -0.475 e. The molecule has 0 saturated carbocycles. The molecule has 1 amide bonds. The van der Waals surface area contributed by atoms with E-state index in [0.717, 1.165) is 0 Å². The molecule has 24 heavy (non-hydrogen) atoms. The highest BCUT2D eigenvalue weighted by Gasteiger charge is 2.30. The molecule has 2 aromatic heterocycles. The Morgan fingerprint density at radius 2 is 2.04 bits per heavy atom. The van der Waals surface area contributed by atoms with Gasteiger partial charge in [-0.1, -0.05) is 17.7 Å². The van der Waals surface area contributed by atoms with E-state index in [2.05, 4.69) is 5.32 Å². The van der Waals surface area contributed by atoms with Gasteiger partial charge in [-0.2, -0.15) is 14.2 Å². The van der Waals surface area contributed by atoms with Crippen molar-refractivity contribution in [2.75, 3.05) is 5.32 Å². The number of halogens is 1. The van der Waals surface area contributed by atoms with Crippen molar-refractivity contribution >= 4 is 28.8 Å². The molecule has 0 aliphatic rings. The third-order valence-corrected chi connectivity index (χ3v) is 3.84. The van der Waals surface area contributed by atoms with E-state index in [1.165, 1.54) is 0 Å². The minimum atomic E-state index is -0.452. The molecule has 1 aromatic carbocycles. The first-order valence-corrected chi connectivity index (χ1v) is 7.65. The van der Waals surface area contributed by atoms with Gasteiger partial charge in [0.2, 0.25) is 0 Å². The lowest BCUT2D eigenvalue weighted by Crippen LogP contribution is -2.33. The summed E-state index contributed by atoms with van der Waals surface area (Å²) in [5, 5.41) is 22.6. The first-order chi connectivity index (χ1) is 11.6. The van der Waals surface area contributed by atoms with Crippen LogP contribution in [0.3, 0.4) is 0 Å². The molecule has 6 nitrogen and oxygen atoms in total. The lowest BCUT2D eigenvalue weighted by molar-refractivity contribution is -0.675. The fourth-order valence-corrected chi connectivity index (χ4v) is 2.63. The smallest absolute Gasteiger partial charge is 0.337 e. The van der Waals surface area contributed by atoms with E-state index in [1.54, 1.807) is 57.6 Å². The zero-order valence-corrected chi connectivity index (χ0v) is 13.4. The number of benzene rings is 1. The Morgan fingerprint density at radius 3 is 2.75 bits per heavy atom. The topological polar surface area (TPSA) is 81.4 Å². The molecule has 3 rings (SSSR count). The van der Waals surface area contributed by atoms with Crippen LogP contribution in [0.5, 0.6) is 5.88 Å². The summed E-state index contributed by atoms with van der Waals surface area (Å²) < 4.78 is 3.14. The van der Waals surface area contributed by atoms with Crippen molar-refractivity contribution in [3.63, 3.8) is 0 Å². The number of aryl methyl sites for hydroxylation is 1. The van der Waals surface area contributed by atoms with Crippen molar-refractivity contribution < 1.29 is 14.5 Å². The number of anilines is 1. The zero-order valence-electron chi connectivity index (χ0n) is 12.6. The van der Waals surface area contributed by atoms with Gasteiger partial charge in [0.1, 0.15) is 6.54 Å². The maximum absolute atomic E-state index is 12.6. The Labute approximate surface area is 143 Å². The Morgan fingerprint density at radius 1 is 1.29 bits per heavy atom. The van der Waals surface area contributed by atoms with Gasteiger partial charge in [-0.3, -0.25) is 4.79 Å². The molecule has 0 saturated heterocycles. The van der Waals surface area contributed by atoms with E-state index in [9.17, 15) is 9.90 Å². The lowest BCUT2D eigenvalue weighted by atomic mass is 10.3. The minimum absolute atomic E-state index is 0.110. The number of aromatic nitrogens is 2. The molecule has 7 heteroatoms. The van der Waals surface area contributed by atoms with E-state index in [0.29, 0.717) is 22.9 Å². The number of imidazole rings is 1. The predicted octanol–water partition coefficient (Wildman–Crippen LogP) is 2.75. The van der Waals surface area contributed by atoms with Crippen LogP contribution in [-0.2, 0) is 6.54 Å². The van der Waals surface area contributed by atoms with Crippen LogP contribution in [0.25, 0.3) is 5.65 Å². The molecule has 0 aliphatic carbocycles. The molecule has 2 N–H and O–H groups in total. The second-order valence-corrected chi connectivity index (χ2v) is 5.56. The maximum Gasteiger partial charge on any atom is 0.337 e. The molecule has 120 valence electrons. The van der Waals surface area contributed by atoms with Gasteiger partial charge < -0.3 is 10.4 Å². The van der Waals surface area contributed by atoms with Crippen molar-refractivity contribution in [3.05, 3.63) is 59.4 Å². The summed E-state index contributed by atoms with van der Waals surface area (Å²) in [5.74, 6) is -0.630. The normalized spacial score (nSPS) is 10.5. The van der Waals surface area contributed by atoms with Gasteiger partial charge >= 0.3 is 11.8 Å². The monoisotopic (exact) mass is 341 g/mol. The summed E-state index contributed by atoms with van der Waals surface area (Å²) >= 11 is 5.83. The van der Waals surface area contributed by atoms with Crippen molar-refractivity contribution in [3.8, 4) is 11.9 Å². The fourth-order valence-electron chi connectivity index (χ4n) is 2.50. The Hall–Kier alpha value is -3.04. The lowest BCUT2D eigenvalue weighted by Gasteiger charge is -2.02. The van der Waals surface area contributed by atoms with Crippen LogP contribution in [0.1, 0.15) is 16.9 Å². The van der Waals surface area contributed by atoms with E-state index in [1.807, 2.05) is 6.07 Å². The number of hydrogen-bond donors (Lipinski definition) is 2. The first-order valence-electron chi connectivity index (χ1n) is 7.27. The molecule has 0 spiro atoms. The molecule has 0 radical (unpaired) electrons. The van der Waals surface area contributed by atoms with Crippen LogP contribution in [0.4, 0.5) is 5.69 Å². The summed E-state index contributed by atoms with van der Waals surface area (Å²) in [6, 6.07) is 14.1. The summed E-state index contributed by atoms with van der Waals surface area (Å²) in [6.07, 6.45) is 1.92. The predicted molar refractivity (Wildman–Crippen MR) is 88.9 cm³/mol. The highest BCUT2D eigenvalue weighted by Crippen LogP contribution is 2.20. The number of fused-ring (bicyclic) bond motifs is 1.